The summed E-state index contributed by atoms with van der Waals surface area (Å²) in [7, 11) is 0. The van der Waals surface area contributed by atoms with Crippen molar-refractivity contribution in [2.45, 2.75) is 13.0 Å². The first-order valence-corrected chi connectivity index (χ1v) is 9.11. The molecule has 0 aromatic heterocycles. The predicted octanol–water partition coefficient (Wildman–Crippen LogP) is 3.00. The van der Waals surface area contributed by atoms with Crippen LogP contribution in [0.3, 0.4) is 0 Å². The maximum atomic E-state index is 12.5. The fourth-order valence-corrected chi connectivity index (χ4v) is 2.37. The average molecular weight is 396 g/mol. The Labute approximate surface area is 169 Å². The summed E-state index contributed by atoms with van der Waals surface area (Å²) in [5.41, 5.74) is 1.60. The van der Waals surface area contributed by atoms with Crippen molar-refractivity contribution < 1.29 is 23.9 Å². The van der Waals surface area contributed by atoms with Crippen molar-refractivity contribution in [1.29, 1.82) is 0 Å². The van der Waals surface area contributed by atoms with Gasteiger partial charge in [-0.2, -0.15) is 0 Å². The second-order valence-corrected chi connectivity index (χ2v) is 6.24. The molecule has 1 atom stereocenters. The molecule has 0 aliphatic carbocycles. The van der Waals surface area contributed by atoms with E-state index in [0.717, 1.165) is 5.56 Å². The lowest BCUT2D eigenvalue weighted by Gasteiger charge is -2.19. The van der Waals surface area contributed by atoms with Crippen molar-refractivity contribution in [2.75, 3.05) is 19.8 Å². The van der Waals surface area contributed by atoms with E-state index in [1.54, 1.807) is 24.3 Å². The zero-order valence-electron chi connectivity index (χ0n) is 16.2. The van der Waals surface area contributed by atoms with Gasteiger partial charge in [-0.3, -0.25) is 4.79 Å². The molecule has 0 aliphatic rings. The summed E-state index contributed by atoms with van der Waals surface area (Å²) < 4.78 is 10.1. The highest BCUT2D eigenvalue weighted by atomic mass is 16.6. The highest BCUT2D eigenvalue weighted by Crippen LogP contribution is 2.14. The molecule has 2 aromatic carbocycles. The van der Waals surface area contributed by atoms with E-state index in [4.69, 9.17) is 9.47 Å². The van der Waals surface area contributed by atoms with Crippen LogP contribution in [0.1, 0.15) is 28.9 Å². The molecule has 0 heterocycles. The molecule has 0 saturated carbocycles. The number of carbonyl (C=O) groups excluding carboxylic acids is 3. The zero-order chi connectivity index (χ0) is 21.1. The van der Waals surface area contributed by atoms with Gasteiger partial charge in [0.25, 0.3) is 5.91 Å². The van der Waals surface area contributed by atoms with Crippen molar-refractivity contribution in [3.05, 3.63) is 83.9 Å². The van der Waals surface area contributed by atoms with Gasteiger partial charge in [-0.05, 0) is 24.6 Å². The van der Waals surface area contributed by atoms with Crippen LogP contribution in [0, 0.1) is 0 Å². The van der Waals surface area contributed by atoms with Gasteiger partial charge < -0.3 is 20.1 Å². The summed E-state index contributed by atoms with van der Waals surface area (Å²) in [6.07, 6.45) is -0.675. The van der Waals surface area contributed by atoms with Crippen LogP contribution in [0.25, 0.3) is 0 Å². The van der Waals surface area contributed by atoms with Gasteiger partial charge in [0, 0.05) is 11.1 Å². The third kappa shape index (κ3) is 7.50. The average Bonchev–Trinajstić information content (AvgIpc) is 2.75. The number of amides is 2. The van der Waals surface area contributed by atoms with Crippen LogP contribution >= 0.6 is 0 Å². The number of nitrogens with one attached hydrogen (secondary N) is 2. The van der Waals surface area contributed by atoms with Crippen molar-refractivity contribution in [3.8, 4) is 0 Å². The van der Waals surface area contributed by atoms with Gasteiger partial charge in [-0.1, -0.05) is 55.1 Å². The first-order valence-electron chi connectivity index (χ1n) is 9.11. The van der Waals surface area contributed by atoms with Gasteiger partial charge in [0.15, 0.2) is 0 Å². The lowest BCUT2D eigenvalue weighted by Crippen LogP contribution is -2.35. The number of hydrogen-bond donors (Lipinski definition) is 2. The van der Waals surface area contributed by atoms with Crippen molar-refractivity contribution in [2.24, 2.45) is 0 Å². The predicted molar refractivity (Wildman–Crippen MR) is 108 cm³/mol. The second-order valence-electron chi connectivity index (χ2n) is 6.24. The Morgan fingerprint density at radius 2 is 1.59 bits per heavy atom. The fraction of sp³-hybridized carbons (Fsp3) is 0.227. The third-order valence-electron chi connectivity index (χ3n) is 3.88. The molecule has 0 saturated heterocycles. The van der Waals surface area contributed by atoms with Crippen LogP contribution in [0.4, 0.5) is 4.79 Å². The molecule has 2 aromatic rings. The maximum absolute atomic E-state index is 12.5. The Balaban J connectivity index is 1.88. The van der Waals surface area contributed by atoms with Gasteiger partial charge in [0.2, 0.25) is 0 Å². The lowest BCUT2D eigenvalue weighted by atomic mass is 10.1. The van der Waals surface area contributed by atoms with E-state index in [1.807, 2.05) is 36.4 Å². The van der Waals surface area contributed by atoms with E-state index in [9.17, 15) is 14.4 Å². The van der Waals surface area contributed by atoms with Crippen LogP contribution in [0.2, 0.25) is 0 Å². The number of ether oxygens (including phenoxy) is 2. The Kier molecular flexibility index (Phi) is 8.44. The summed E-state index contributed by atoms with van der Waals surface area (Å²) >= 11 is 0. The van der Waals surface area contributed by atoms with Crippen LogP contribution < -0.4 is 10.6 Å². The van der Waals surface area contributed by atoms with Gasteiger partial charge in [0.05, 0.1) is 12.6 Å². The SMILES string of the molecule is C=C(C)C(=O)OCCNC(=O)OCC(NC(=O)c1ccccc1)c1ccccc1. The molecule has 2 N–H and O–H groups in total. The molecule has 152 valence electrons. The lowest BCUT2D eigenvalue weighted by molar-refractivity contribution is -0.138. The van der Waals surface area contributed by atoms with E-state index in [0.29, 0.717) is 5.56 Å². The summed E-state index contributed by atoms with van der Waals surface area (Å²) in [5, 5.41) is 5.36. The fourth-order valence-electron chi connectivity index (χ4n) is 2.37. The molecule has 29 heavy (non-hydrogen) atoms. The minimum atomic E-state index is -0.675. The maximum Gasteiger partial charge on any atom is 0.407 e. The van der Waals surface area contributed by atoms with Gasteiger partial charge in [-0.15, -0.1) is 0 Å². The summed E-state index contributed by atoms with van der Waals surface area (Å²) in [6.45, 7) is 5.06. The van der Waals surface area contributed by atoms with E-state index in [-0.39, 0.29) is 31.2 Å². The summed E-state index contributed by atoms with van der Waals surface area (Å²) in [4.78, 5) is 35.7. The van der Waals surface area contributed by atoms with Crippen molar-refractivity contribution in [1.82, 2.24) is 10.6 Å². The number of rotatable bonds is 9. The van der Waals surface area contributed by atoms with Crippen molar-refractivity contribution in [3.63, 3.8) is 0 Å². The van der Waals surface area contributed by atoms with Gasteiger partial charge in [-0.25, -0.2) is 9.59 Å². The Morgan fingerprint density at radius 3 is 2.21 bits per heavy atom. The molecule has 0 radical (unpaired) electrons. The molecule has 0 aliphatic heterocycles. The number of esters is 1. The van der Waals surface area contributed by atoms with Crippen molar-refractivity contribution >= 4 is 18.0 Å². The quantitative estimate of drug-likeness (QED) is 0.386. The first-order chi connectivity index (χ1) is 14.0. The Bertz CT molecular complexity index is 837. The molecule has 0 bridgehead atoms. The van der Waals surface area contributed by atoms with E-state index in [2.05, 4.69) is 17.2 Å². The normalized spacial score (nSPS) is 11.1. The molecule has 7 nitrogen and oxygen atoms in total. The number of carbonyl (C=O) groups is 3. The first kappa shape index (κ1) is 21.7. The minimum absolute atomic E-state index is 0.00759. The highest BCUT2D eigenvalue weighted by molar-refractivity contribution is 5.94. The van der Waals surface area contributed by atoms with Crippen LogP contribution in [0.5, 0.6) is 0 Å². The molecular weight excluding hydrogens is 372 g/mol. The van der Waals surface area contributed by atoms with Gasteiger partial charge >= 0.3 is 12.1 Å². The van der Waals surface area contributed by atoms with Crippen LogP contribution in [-0.2, 0) is 14.3 Å². The van der Waals surface area contributed by atoms with Gasteiger partial charge in [0.1, 0.15) is 13.2 Å². The molecule has 2 rings (SSSR count). The van der Waals surface area contributed by atoms with Crippen LogP contribution in [0.15, 0.2) is 72.8 Å². The molecule has 0 spiro atoms. The summed E-state index contributed by atoms with van der Waals surface area (Å²) in [6, 6.07) is 17.5. The van der Waals surface area contributed by atoms with Crippen LogP contribution in [-0.4, -0.2) is 37.7 Å². The third-order valence-corrected chi connectivity index (χ3v) is 3.88. The van der Waals surface area contributed by atoms with E-state index < -0.39 is 18.1 Å². The summed E-state index contributed by atoms with van der Waals surface area (Å²) in [5.74, 6) is -0.789. The molecule has 1 unspecified atom stereocenters. The largest absolute Gasteiger partial charge is 0.460 e. The number of hydrogen-bond acceptors (Lipinski definition) is 5. The van der Waals surface area contributed by atoms with E-state index >= 15 is 0 Å². The smallest absolute Gasteiger partial charge is 0.407 e. The standard InChI is InChI=1S/C22H24N2O5/c1-16(2)21(26)28-14-13-23-22(27)29-15-19(17-9-5-3-6-10-17)24-20(25)18-11-7-4-8-12-18/h3-12,19H,1,13-15H2,2H3,(H,23,27)(H,24,25). The molecular formula is C22H24N2O5. The highest BCUT2D eigenvalue weighted by Gasteiger charge is 2.18. The minimum Gasteiger partial charge on any atom is -0.460 e. The number of alkyl carbamates (subject to hydrolysis) is 1. The van der Waals surface area contributed by atoms with E-state index in [1.165, 1.54) is 6.92 Å². The Morgan fingerprint density at radius 1 is 0.966 bits per heavy atom. The Hall–Kier alpha value is -3.61. The number of benzene rings is 2. The molecule has 7 heteroatoms. The monoisotopic (exact) mass is 396 g/mol. The topological polar surface area (TPSA) is 93.7 Å². The second kappa shape index (κ2) is 11.3. The molecule has 2 amide bonds. The molecule has 0 fully saturated rings. The zero-order valence-corrected chi connectivity index (χ0v) is 16.2.